The first kappa shape index (κ1) is 13.3. The number of benzene rings is 1. The number of rotatable bonds is 4. The van der Waals surface area contributed by atoms with E-state index >= 15 is 0 Å². The van der Waals surface area contributed by atoms with Crippen molar-refractivity contribution in [2.24, 2.45) is 0 Å². The molecule has 1 heterocycles. The van der Waals surface area contributed by atoms with E-state index in [1.807, 2.05) is 0 Å². The first-order valence-electron chi connectivity index (χ1n) is 5.59. The average molecular weight is 315 g/mol. The van der Waals surface area contributed by atoms with Crippen molar-refractivity contribution in [1.29, 1.82) is 0 Å². The van der Waals surface area contributed by atoms with Gasteiger partial charge in [0.25, 0.3) is 5.91 Å². The molecule has 0 saturated carbocycles. The molecule has 98 valence electrons. The molecule has 1 fully saturated rings. The Morgan fingerprint density at radius 3 is 2.89 bits per heavy atom. The molecule has 0 atom stereocenters. The van der Waals surface area contributed by atoms with Gasteiger partial charge in [-0.05, 0) is 18.2 Å². The van der Waals surface area contributed by atoms with E-state index in [1.54, 1.807) is 18.2 Å². The lowest BCUT2D eigenvalue weighted by molar-refractivity contribution is -0.00762. The van der Waals surface area contributed by atoms with Crippen LogP contribution in [0.2, 0.25) is 0 Å². The van der Waals surface area contributed by atoms with Crippen molar-refractivity contribution in [2.75, 3.05) is 26.7 Å². The summed E-state index contributed by atoms with van der Waals surface area (Å²) >= 11 is 3.32. The van der Waals surface area contributed by atoms with Crippen molar-refractivity contribution in [3.8, 4) is 5.75 Å². The maximum absolute atomic E-state index is 12.0. The predicted octanol–water partition coefficient (Wildman–Crippen LogP) is 0.522. The quantitative estimate of drug-likeness (QED) is 0.758. The summed E-state index contributed by atoms with van der Waals surface area (Å²) in [4.78, 5) is 12.0. The van der Waals surface area contributed by atoms with Gasteiger partial charge >= 0.3 is 0 Å². The molecule has 2 rings (SSSR count). The predicted molar refractivity (Wildman–Crippen MR) is 70.8 cm³/mol. The number of ether oxygens (including phenoxy) is 1. The molecule has 1 aromatic carbocycles. The fourth-order valence-electron chi connectivity index (χ4n) is 1.73. The second-order valence-corrected chi connectivity index (χ2v) is 5.27. The monoisotopic (exact) mass is 314 g/mol. The second kappa shape index (κ2) is 5.26. The van der Waals surface area contributed by atoms with E-state index in [2.05, 4.69) is 26.6 Å². The lowest BCUT2D eigenvalue weighted by atomic mass is 9.97. The van der Waals surface area contributed by atoms with Gasteiger partial charge in [-0.3, -0.25) is 4.79 Å². The molecule has 18 heavy (non-hydrogen) atoms. The summed E-state index contributed by atoms with van der Waals surface area (Å²) in [5.41, 5.74) is -0.366. The third-order valence-electron chi connectivity index (χ3n) is 2.89. The molecular formula is C12H15BrN2O3. The minimum absolute atomic E-state index is 0.234. The van der Waals surface area contributed by atoms with Crippen molar-refractivity contribution in [3.05, 3.63) is 28.2 Å². The van der Waals surface area contributed by atoms with Crippen molar-refractivity contribution in [2.45, 2.75) is 5.60 Å². The lowest BCUT2D eigenvalue weighted by Gasteiger charge is -2.37. The molecule has 1 saturated heterocycles. The highest BCUT2D eigenvalue weighted by atomic mass is 79.9. The highest BCUT2D eigenvalue weighted by Gasteiger charge is 2.34. The van der Waals surface area contributed by atoms with Crippen LogP contribution in [0.3, 0.4) is 0 Å². The van der Waals surface area contributed by atoms with E-state index in [4.69, 9.17) is 4.74 Å². The summed E-state index contributed by atoms with van der Waals surface area (Å²) in [6, 6.07) is 5.19. The van der Waals surface area contributed by atoms with E-state index in [-0.39, 0.29) is 12.5 Å². The molecule has 1 aliphatic rings. The van der Waals surface area contributed by atoms with Crippen molar-refractivity contribution in [3.63, 3.8) is 0 Å². The number of halogens is 1. The minimum atomic E-state index is -0.821. The first-order chi connectivity index (χ1) is 8.54. The number of hydrogen-bond acceptors (Lipinski definition) is 4. The Bertz CT molecular complexity index is 461. The van der Waals surface area contributed by atoms with E-state index in [1.165, 1.54) is 7.11 Å². The van der Waals surface area contributed by atoms with Gasteiger partial charge < -0.3 is 20.5 Å². The molecule has 1 aromatic rings. The van der Waals surface area contributed by atoms with Gasteiger partial charge in [0.2, 0.25) is 0 Å². The van der Waals surface area contributed by atoms with Gasteiger partial charge in [-0.2, -0.15) is 0 Å². The van der Waals surface area contributed by atoms with Crippen molar-refractivity contribution < 1.29 is 14.6 Å². The number of amides is 1. The van der Waals surface area contributed by atoms with Crippen LogP contribution in [0, 0.1) is 0 Å². The Morgan fingerprint density at radius 2 is 2.33 bits per heavy atom. The Labute approximate surface area is 114 Å². The van der Waals surface area contributed by atoms with Crippen LogP contribution in [-0.4, -0.2) is 43.4 Å². The Morgan fingerprint density at radius 1 is 1.61 bits per heavy atom. The van der Waals surface area contributed by atoms with Crippen LogP contribution < -0.4 is 15.4 Å². The van der Waals surface area contributed by atoms with Gasteiger partial charge in [-0.25, -0.2) is 0 Å². The van der Waals surface area contributed by atoms with Gasteiger partial charge in [-0.1, -0.05) is 15.9 Å². The smallest absolute Gasteiger partial charge is 0.255 e. The summed E-state index contributed by atoms with van der Waals surface area (Å²) in [6.45, 7) is 1.24. The Kier molecular flexibility index (Phi) is 3.89. The van der Waals surface area contributed by atoms with Crippen LogP contribution in [0.5, 0.6) is 5.75 Å². The zero-order chi connectivity index (χ0) is 13.2. The molecule has 1 aliphatic heterocycles. The van der Waals surface area contributed by atoms with Crippen LogP contribution in [-0.2, 0) is 0 Å². The van der Waals surface area contributed by atoms with Gasteiger partial charge in [-0.15, -0.1) is 0 Å². The molecule has 0 unspecified atom stereocenters. The summed E-state index contributed by atoms with van der Waals surface area (Å²) in [5.74, 6) is 0.250. The molecular weight excluding hydrogens is 300 g/mol. The van der Waals surface area contributed by atoms with Gasteiger partial charge in [0.15, 0.2) is 0 Å². The third kappa shape index (κ3) is 2.82. The molecule has 5 nitrogen and oxygen atoms in total. The topological polar surface area (TPSA) is 70.6 Å². The zero-order valence-electron chi connectivity index (χ0n) is 10.00. The van der Waals surface area contributed by atoms with Crippen LogP contribution in [0.4, 0.5) is 0 Å². The molecule has 0 bridgehead atoms. The number of β-amino-alcohol motifs (C(OH)–C–C–N with tert-alkyl or cyclic N) is 1. The second-order valence-electron chi connectivity index (χ2n) is 4.36. The number of aliphatic hydroxyl groups is 1. The fourth-order valence-corrected chi connectivity index (χ4v) is 2.07. The standard InChI is InChI=1S/C12H15BrN2O3/c1-18-10-4-8(13)2-3-9(10)11(16)15-7-12(17)5-14-6-12/h2-4,14,17H,5-7H2,1H3,(H,15,16). The number of carbonyl (C=O) groups is 1. The third-order valence-corrected chi connectivity index (χ3v) is 3.39. The molecule has 1 amide bonds. The van der Waals surface area contributed by atoms with E-state index < -0.39 is 5.60 Å². The summed E-state index contributed by atoms with van der Waals surface area (Å²) in [7, 11) is 1.52. The number of methoxy groups -OCH3 is 1. The van der Waals surface area contributed by atoms with E-state index in [0.29, 0.717) is 24.4 Å². The molecule has 0 spiro atoms. The summed E-state index contributed by atoms with van der Waals surface area (Å²) < 4.78 is 6.00. The lowest BCUT2D eigenvalue weighted by Crippen LogP contribution is -2.64. The average Bonchev–Trinajstić information content (AvgIpc) is 2.33. The van der Waals surface area contributed by atoms with E-state index in [9.17, 15) is 9.90 Å². The van der Waals surface area contributed by atoms with Crippen LogP contribution in [0.25, 0.3) is 0 Å². The molecule has 6 heteroatoms. The van der Waals surface area contributed by atoms with Crippen LogP contribution >= 0.6 is 15.9 Å². The van der Waals surface area contributed by atoms with Crippen LogP contribution in [0.15, 0.2) is 22.7 Å². The molecule has 0 radical (unpaired) electrons. The summed E-state index contributed by atoms with van der Waals surface area (Å²) in [6.07, 6.45) is 0. The SMILES string of the molecule is COc1cc(Br)ccc1C(=O)NCC1(O)CNC1. The molecule has 0 aliphatic carbocycles. The largest absolute Gasteiger partial charge is 0.496 e. The normalized spacial score (nSPS) is 16.8. The highest BCUT2D eigenvalue weighted by molar-refractivity contribution is 9.10. The van der Waals surface area contributed by atoms with Crippen molar-refractivity contribution in [1.82, 2.24) is 10.6 Å². The number of hydrogen-bond donors (Lipinski definition) is 3. The first-order valence-corrected chi connectivity index (χ1v) is 6.38. The molecule has 0 aromatic heterocycles. The number of carbonyl (C=O) groups excluding carboxylic acids is 1. The Balaban J connectivity index is 2.04. The number of nitrogens with one attached hydrogen (secondary N) is 2. The van der Waals surface area contributed by atoms with Crippen molar-refractivity contribution >= 4 is 21.8 Å². The maximum Gasteiger partial charge on any atom is 0.255 e. The van der Waals surface area contributed by atoms with E-state index in [0.717, 1.165) is 4.47 Å². The van der Waals surface area contributed by atoms with Gasteiger partial charge in [0.05, 0.1) is 12.7 Å². The van der Waals surface area contributed by atoms with Gasteiger partial charge in [0, 0.05) is 24.1 Å². The van der Waals surface area contributed by atoms with Crippen LogP contribution in [0.1, 0.15) is 10.4 Å². The highest BCUT2D eigenvalue weighted by Crippen LogP contribution is 2.23. The minimum Gasteiger partial charge on any atom is -0.496 e. The maximum atomic E-state index is 12.0. The molecule has 3 N–H and O–H groups in total. The van der Waals surface area contributed by atoms with Gasteiger partial charge in [0.1, 0.15) is 11.4 Å². The zero-order valence-corrected chi connectivity index (χ0v) is 11.6. The summed E-state index contributed by atoms with van der Waals surface area (Å²) in [5, 5.41) is 15.5. The fraction of sp³-hybridized carbons (Fsp3) is 0.417. The Hall–Kier alpha value is -1.11.